The van der Waals surface area contributed by atoms with Crippen molar-refractivity contribution in [1.82, 2.24) is 0 Å². The van der Waals surface area contributed by atoms with E-state index in [1.165, 1.54) is 0 Å². The molecule has 0 atom stereocenters. The fourth-order valence-corrected chi connectivity index (χ4v) is 3.49. The van der Waals surface area contributed by atoms with Crippen LogP contribution in [-0.4, -0.2) is 12.9 Å². The van der Waals surface area contributed by atoms with E-state index in [-0.39, 0.29) is 6.10 Å². The van der Waals surface area contributed by atoms with Crippen LogP contribution in [0.2, 0.25) is 0 Å². The Balaban J connectivity index is 1.46. The molecule has 3 heteroatoms. The summed E-state index contributed by atoms with van der Waals surface area (Å²) in [5.41, 5.74) is 4.40. The molecule has 0 amide bonds. The van der Waals surface area contributed by atoms with Gasteiger partial charge in [0.15, 0.2) is 6.29 Å². The minimum Gasteiger partial charge on any atom is -0.364 e. The fourth-order valence-electron chi connectivity index (χ4n) is 3.49. The molecule has 0 heterocycles. The van der Waals surface area contributed by atoms with Gasteiger partial charge in [-0.1, -0.05) is 121 Å². The number of hydrogen-bond donors (Lipinski definition) is 0. The highest BCUT2D eigenvalue weighted by Crippen LogP contribution is 2.26. The zero-order chi connectivity index (χ0) is 21.8. The van der Waals surface area contributed by atoms with Crippen molar-refractivity contribution in [1.29, 1.82) is 0 Å². The molecular formula is C29H28O3. The van der Waals surface area contributed by atoms with Gasteiger partial charge in [0.25, 0.3) is 0 Å². The summed E-state index contributed by atoms with van der Waals surface area (Å²) in [4.78, 5) is 0. The van der Waals surface area contributed by atoms with Crippen LogP contribution in [0.1, 0.15) is 28.4 Å². The van der Waals surface area contributed by atoms with Crippen molar-refractivity contribution in [2.24, 2.45) is 0 Å². The average Bonchev–Trinajstić information content (AvgIpc) is 2.88. The summed E-state index contributed by atoms with van der Waals surface area (Å²) in [6, 6.07) is 40.7. The number of ether oxygens (including phenoxy) is 3. The molecule has 4 aromatic carbocycles. The maximum atomic E-state index is 6.40. The van der Waals surface area contributed by atoms with Crippen LogP contribution < -0.4 is 0 Å². The first-order valence-corrected chi connectivity index (χ1v) is 10.9. The van der Waals surface area contributed by atoms with Gasteiger partial charge in [0, 0.05) is 0 Å². The smallest absolute Gasteiger partial charge is 0.181 e. The largest absolute Gasteiger partial charge is 0.364 e. The normalized spacial score (nSPS) is 11.2. The number of rotatable bonds is 11. The molecule has 4 rings (SSSR count). The zero-order valence-corrected chi connectivity index (χ0v) is 18.0. The van der Waals surface area contributed by atoms with E-state index < -0.39 is 6.29 Å². The first kappa shape index (κ1) is 22.0. The maximum absolute atomic E-state index is 6.40. The molecule has 0 aliphatic carbocycles. The van der Waals surface area contributed by atoms with Crippen molar-refractivity contribution < 1.29 is 14.2 Å². The molecule has 3 nitrogen and oxygen atoms in total. The lowest BCUT2D eigenvalue weighted by Crippen LogP contribution is -2.25. The van der Waals surface area contributed by atoms with E-state index in [0.29, 0.717) is 19.8 Å². The van der Waals surface area contributed by atoms with Gasteiger partial charge in [-0.15, -0.1) is 0 Å². The van der Waals surface area contributed by atoms with E-state index in [9.17, 15) is 0 Å². The Morgan fingerprint density at radius 3 is 1.22 bits per heavy atom. The molecule has 0 fully saturated rings. The number of benzene rings is 4. The lowest BCUT2D eigenvalue weighted by Gasteiger charge is -2.24. The van der Waals surface area contributed by atoms with Crippen molar-refractivity contribution in [3.8, 4) is 0 Å². The second-order valence-corrected chi connectivity index (χ2v) is 7.56. The summed E-state index contributed by atoms with van der Waals surface area (Å²) in [5, 5.41) is 0. The third-order valence-corrected chi connectivity index (χ3v) is 5.16. The monoisotopic (exact) mass is 424 g/mol. The molecule has 0 bridgehead atoms. The summed E-state index contributed by atoms with van der Waals surface area (Å²) in [6.45, 7) is 1.24. The minimum absolute atomic E-state index is 0.194. The van der Waals surface area contributed by atoms with Gasteiger partial charge in [0.1, 0.15) is 6.10 Å². The Kier molecular flexibility index (Phi) is 8.22. The molecule has 0 radical (unpaired) electrons. The Labute approximate surface area is 190 Å². The second kappa shape index (κ2) is 12.0. The van der Waals surface area contributed by atoms with Gasteiger partial charge in [0.05, 0.1) is 19.8 Å². The Bertz CT molecular complexity index is 938. The van der Waals surface area contributed by atoms with E-state index in [4.69, 9.17) is 14.2 Å². The first-order valence-electron chi connectivity index (χ1n) is 10.9. The molecular weight excluding hydrogens is 396 g/mol. The molecule has 0 saturated carbocycles. The summed E-state index contributed by atoms with van der Waals surface area (Å²) in [7, 11) is 0. The third kappa shape index (κ3) is 6.63. The molecule has 32 heavy (non-hydrogen) atoms. The molecule has 0 aliphatic rings. The van der Waals surface area contributed by atoms with Crippen LogP contribution in [0.25, 0.3) is 0 Å². The van der Waals surface area contributed by atoms with E-state index in [1.807, 2.05) is 97.1 Å². The van der Waals surface area contributed by atoms with Crippen LogP contribution in [0.15, 0.2) is 121 Å². The maximum Gasteiger partial charge on any atom is 0.181 e. The van der Waals surface area contributed by atoms with Gasteiger partial charge in [-0.3, -0.25) is 0 Å². The van der Waals surface area contributed by atoms with Crippen LogP contribution in [0.5, 0.6) is 0 Å². The highest BCUT2D eigenvalue weighted by atomic mass is 16.7. The van der Waals surface area contributed by atoms with E-state index in [1.54, 1.807) is 0 Å². The van der Waals surface area contributed by atoms with Crippen LogP contribution in [0, 0.1) is 0 Å². The van der Waals surface area contributed by atoms with Crippen molar-refractivity contribution in [2.75, 3.05) is 6.61 Å². The highest BCUT2D eigenvalue weighted by Gasteiger charge is 2.18. The lowest BCUT2D eigenvalue weighted by molar-refractivity contribution is -0.190. The fraction of sp³-hybridized carbons (Fsp3) is 0.172. The van der Waals surface area contributed by atoms with E-state index in [2.05, 4.69) is 24.3 Å². The Hall–Kier alpha value is -3.24. The van der Waals surface area contributed by atoms with Gasteiger partial charge in [-0.05, 0) is 22.3 Å². The van der Waals surface area contributed by atoms with E-state index in [0.717, 1.165) is 22.3 Å². The molecule has 0 saturated heterocycles. The predicted molar refractivity (Wildman–Crippen MR) is 127 cm³/mol. The number of hydrogen-bond acceptors (Lipinski definition) is 3. The van der Waals surface area contributed by atoms with Gasteiger partial charge < -0.3 is 14.2 Å². The Morgan fingerprint density at radius 2 is 0.812 bits per heavy atom. The summed E-state index contributed by atoms with van der Waals surface area (Å²) < 4.78 is 18.7. The SMILES string of the molecule is c1ccc(COC(COC(c2ccccc2)c2ccccc2)OCc2ccccc2)cc1. The molecule has 0 aliphatic heterocycles. The van der Waals surface area contributed by atoms with Gasteiger partial charge in [0.2, 0.25) is 0 Å². The topological polar surface area (TPSA) is 27.7 Å². The van der Waals surface area contributed by atoms with Gasteiger partial charge in [-0.25, -0.2) is 0 Å². The first-order chi connectivity index (χ1) is 15.9. The van der Waals surface area contributed by atoms with Gasteiger partial charge in [-0.2, -0.15) is 0 Å². The van der Waals surface area contributed by atoms with Crippen LogP contribution in [-0.2, 0) is 27.4 Å². The standard InChI is InChI=1S/C29H28O3/c1-5-13-24(14-6-1)21-30-28(31-22-25-15-7-2-8-16-25)23-32-29(26-17-9-3-10-18-26)27-19-11-4-12-20-27/h1-20,28-29H,21-23H2. The van der Waals surface area contributed by atoms with Crippen LogP contribution in [0.3, 0.4) is 0 Å². The average molecular weight is 425 g/mol. The lowest BCUT2D eigenvalue weighted by atomic mass is 10.0. The van der Waals surface area contributed by atoms with Gasteiger partial charge >= 0.3 is 0 Å². The molecule has 0 N–H and O–H groups in total. The summed E-state index contributed by atoms with van der Waals surface area (Å²) in [6.07, 6.45) is -0.689. The minimum atomic E-state index is -0.495. The van der Waals surface area contributed by atoms with Crippen molar-refractivity contribution >= 4 is 0 Å². The van der Waals surface area contributed by atoms with Crippen LogP contribution in [0.4, 0.5) is 0 Å². The second-order valence-electron chi connectivity index (χ2n) is 7.56. The Morgan fingerprint density at radius 1 is 0.438 bits per heavy atom. The molecule has 4 aromatic rings. The third-order valence-electron chi connectivity index (χ3n) is 5.16. The van der Waals surface area contributed by atoms with Crippen LogP contribution >= 0.6 is 0 Å². The van der Waals surface area contributed by atoms with Crippen molar-refractivity contribution in [2.45, 2.75) is 25.6 Å². The predicted octanol–water partition coefficient (Wildman–Crippen LogP) is 6.55. The molecule has 0 spiro atoms. The highest BCUT2D eigenvalue weighted by molar-refractivity contribution is 5.29. The van der Waals surface area contributed by atoms with Crippen molar-refractivity contribution in [3.05, 3.63) is 144 Å². The van der Waals surface area contributed by atoms with E-state index >= 15 is 0 Å². The van der Waals surface area contributed by atoms with Crippen molar-refractivity contribution in [3.63, 3.8) is 0 Å². The quantitative estimate of drug-likeness (QED) is 0.255. The molecule has 162 valence electrons. The summed E-state index contributed by atoms with van der Waals surface area (Å²) >= 11 is 0. The summed E-state index contributed by atoms with van der Waals surface area (Å²) in [5.74, 6) is 0. The molecule has 0 unspecified atom stereocenters. The molecule has 0 aromatic heterocycles. The zero-order valence-electron chi connectivity index (χ0n) is 18.0.